The number of fused-ring (bicyclic) bond motifs is 1. The molecule has 1 N–H and O–H groups in total. The molecule has 9 nitrogen and oxygen atoms in total. The Balaban J connectivity index is 1.57. The lowest BCUT2D eigenvalue weighted by molar-refractivity contribution is -0.117. The van der Waals surface area contributed by atoms with Crippen molar-refractivity contribution in [3.63, 3.8) is 0 Å². The molecule has 2 aromatic heterocycles. The van der Waals surface area contributed by atoms with Crippen molar-refractivity contribution in [3.05, 3.63) is 70.3 Å². The second-order valence-corrected chi connectivity index (χ2v) is 7.37. The van der Waals surface area contributed by atoms with Crippen LogP contribution in [0.5, 0.6) is 11.5 Å². The molecule has 0 unspecified atom stereocenters. The summed E-state index contributed by atoms with van der Waals surface area (Å²) in [4.78, 5) is 25.4. The van der Waals surface area contributed by atoms with Crippen molar-refractivity contribution < 1.29 is 14.3 Å². The van der Waals surface area contributed by atoms with Gasteiger partial charge < -0.3 is 14.8 Å². The highest BCUT2D eigenvalue weighted by atomic mass is 16.5. The number of nitrogens with zero attached hydrogens (tertiary/aromatic N) is 4. The summed E-state index contributed by atoms with van der Waals surface area (Å²) >= 11 is 0. The lowest BCUT2D eigenvalue weighted by atomic mass is 10.0. The van der Waals surface area contributed by atoms with E-state index in [-0.39, 0.29) is 6.54 Å². The third-order valence-electron chi connectivity index (χ3n) is 5.25. The number of hydrogen-bond donors (Lipinski definition) is 1. The molecule has 4 rings (SSSR count). The molecule has 0 fully saturated rings. The Bertz CT molecular complexity index is 1370. The van der Waals surface area contributed by atoms with E-state index in [9.17, 15) is 9.59 Å². The van der Waals surface area contributed by atoms with Crippen molar-refractivity contribution in [3.8, 4) is 22.8 Å². The Morgan fingerprint density at radius 3 is 2.50 bits per heavy atom. The summed E-state index contributed by atoms with van der Waals surface area (Å²) in [6.07, 6.45) is 1.42. The number of carbonyl (C=O) groups excluding carboxylic acids is 1. The van der Waals surface area contributed by atoms with Crippen LogP contribution in [0.3, 0.4) is 0 Å². The normalized spacial score (nSPS) is 10.9. The van der Waals surface area contributed by atoms with E-state index in [1.54, 1.807) is 24.3 Å². The monoisotopic (exact) mass is 433 g/mol. The molecular weight excluding hydrogens is 410 g/mol. The quantitative estimate of drug-likeness (QED) is 0.502. The first kappa shape index (κ1) is 21.1. The third-order valence-corrected chi connectivity index (χ3v) is 5.25. The zero-order valence-electron chi connectivity index (χ0n) is 18.2. The number of nitrogens with one attached hydrogen (secondary N) is 1. The second-order valence-electron chi connectivity index (χ2n) is 7.37. The molecule has 0 saturated heterocycles. The molecule has 0 aliphatic rings. The minimum absolute atomic E-state index is 0.242. The van der Waals surface area contributed by atoms with Gasteiger partial charge in [0.1, 0.15) is 18.4 Å². The van der Waals surface area contributed by atoms with Crippen LogP contribution in [-0.2, 0) is 11.3 Å². The average Bonchev–Trinajstić information content (AvgIpc) is 3.22. The molecule has 2 aromatic carbocycles. The van der Waals surface area contributed by atoms with Crippen molar-refractivity contribution >= 4 is 17.1 Å². The highest BCUT2D eigenvalue weighted by molar-refractivity contribution is 5.90. The van der Waals surface area contributed by atoms with E-state index in [2.05, 4.69) is 15.5 Å². The number of ether oxygens (including phenoxy) is 2. The lowest BCUT2D eigenvalue weighted by Gasteiger charge is -2.11. The minimum atomic E-state index is -0.405. The van der Waals surface area contributed by atoms with Crippen LogP contribution in [-0.4, -0.2) is 39.5 Å². The summed E-state index contributed by atoms with van der Waals surface area (Å²) in [5, 5.41) is 11.3. The molecule has 4 aromatic rings. The van der Waals surface area contributed by atoms with Gasteiger partial charge in [-0.1, -0.05) is 12.1 Å². The number of methoxy groups -OCH3 is 2. The van der Waals surface area contributed by atoms with Crippen LogP contribution in [0.2, 0.25) is 0 Å². The maximum atomic E-state index is 12.9. The Hall–Kier alpha value is -4.14. The molecule has 9 heteroatoms. The Kier molecular flexibility index (Phi) is 5.63. The first-order chi connectivity index (χ1) is 15.4. The number of benzene rings is 2. The van der Waals surface area contributed by atoms with E-state index in [4.69, 9.17) is 9.47 Å². The minimum Gasteiger partial charge on any atom is -0.493 e. The van der Waals surface area contributed by atoms with Gasteiger partial charge in [0.25, 0.3) is 5.56 Å². The first-order valence-corrected chi connectivity index (χ1v) is 9.94. The number of aromatic nitrogens is 4. The van der Waals surface area contributed by atoms with Gasteiger partial charge in [-0.25, -0.2) is 9.20 Å². The van der Waals surface area contributed by atoms with Crippen molar-refractivity contribution in [1.29, 1.82) is 0 Å². The van der Waals surface area contributed by atoms with E-state index in [0.29, 0.717) is 28.4 Å². The molecular formula is C23H23N5O4. The smallest absolute Gasteiger partial charge is 0.293 e. The van der Waals surface area contributed by atoms with Gasteiger partial charge in [-0.3, -0.25) is 9.59 Å². The van der Waals surface area contributed by atoms with Gasteiger partial charge >= 0.3 is 0 Å². The molecule has 0 aliphatic heterocycles. The van der Waals surface area contributed by atoms with Gasteiger partial charge in [-0.15, -0.1) is 0 Å². The van der Waals surface area contributed by atoms with Crippen LogP contribution in [0.1, 0.15) is 11.1 Å². The van der Waals surface area contributed by atoms with Crippen LogP contribution in [0.15, 0.2) is 53.6 Å². The number of rotatable bonds is 6. The van der Waals surface area contributed by atoms with Gasteiger partial charge in [-0.2, -0.15) is 10.2 Å². The van der Waals surface area contributed by atoms with Crippen molar-refractivity contribution in [2.45, 2.75) is 20.4 Å². The third kappa shape index (κ3) is 4.04. The first-order valence-electron chi connectivity index (χ1n) is 9.94. The SMILES string of the molecule is COc1ccc(NC(=O)Cn2ncn3nc(-c4ccc(C)c(C)c4)cc3c2=O)cc1OC. The van der Waals surface area contributed by atoms with E-state index >= 15 is 0 Å². The summed E-state index contributed by atoms with van der Waals surface area (Å²) in [5.74, 6) is 0.638. The molecule has 0 saturated carbocycles. The fourth-order valence-corrected chi connectivity index (χ4v) is 3.34. The number of aryl methyl sites for hydroxylation is 2. The fourth-order valence-electron chi connectivity index (χ4n) is 3.34. The predicted octanol–water partition coefficient (Wildman–Crippen LogP) is 2.83. The molecule has 2 heterocycles. The zero-order valence-corrected chi connectivity index (χ0v) is 18.2. The largest absolute Gasteiger partial charge is 0.493 e. The predicted molar refractivity (Wildman–Crippen MR) is 120 cm³/mol. The molecule has 0 radical (unpaired) electrons. The van der Waals surface area contributed by atoms with E-state index in [1.807, 2.05) is 32.0 Å². The standard InChI is InChI=1S/C23H23N5O4/c1-14-5-6-16(9-15(14)2)18-11-19-23(30)27(24-13-28(19)26-18)12-22(29)25-17-7-8-20(31-3)21(10-17)32-4/h5-11,13H,12H2,1-4H3,(H,25,29). The topological polar surface area (TPSA) is 99.8 Å². The summed E-state index contributed by atoms with van der Waals surface area (Å²) in [5.41, 5.74) is 4.35. The van der Waals surface area contributed by atoms with Crippen LogP contribution in [0, 0.1) is 13.8 Å². The van der Waals surface area contributed by atoms with E-state index < -0.39 is 11.5 Å². The number of anilines is 1. The van der Waals surface area contributed by atoms with Gasteiger partial charge in [-0.05, 0) is 49.2 Å². The van der Waals surface area contributed by atoms with E-state index in [1.165, 1.54) is 30.6 Å². The summed E-state index contributed by atoms with van der Waals surface area (Å²) in [7, 11) is 3.05. The Labute approximate surface area is 184 Å². The lowest BCUT2D eigenvalue weighted by Crippen LogP contribution is -2.30. The highest BCUT2D eigenvalue weighted by Crippen LogP contribution is 2.29. The molecule has 1 amide bonds. The molecule has 0 bridgehead atoms. The van der Waals surface area contributed by atoms with Gasteiger partial charge in [0.2, 0.25) is 5.91 Å². The second kappa shape index (κ2) is 8.54. The van der Waals surface area contributed by atoms with Crippen LogP contribution in [0.4, 0.5) is 5.69 Å². The number of amides is 1. The van der Waals surface area contributed by atoms with Crippen LogP contribution in [0.25, 0.3) is 16.8 Å². The van der Waals surface area contributed by atoms with E-state index in [0.717, 1.165) is 15.8 Å². The van der Waals surface area contributed by atoms with Gasteiger partial charge in [0.15, 0.2) is 11.5 Å². The summed E-state index contributed by atoms with van der Waals surface area (Å²) < 4.78 is 13.0. The number of carbonyl (C=O) groups is 1. The average molecular weight is 433 g/mol. The molecule has 164 valence electrons. The Morgan fingerprint density at radius 1 is 1.00 bits per heavy atom. The van der Waals surface area contributed by atoms with Crippen LogP contribution >= 0.6 is 0 Å². The molecule has 32 heavy (non-hydrogen) atoms. The summed E-state index contributed by atoms with van der Waals surface area (Å²) in [6.45, 7) is 3.83. The number of hydrogen-bond acceptors (Lipinski definition) is 6. The van der Waals surface area contributed by atoms with Gasteiger partial charge in [0, 0.05) is 17.3 Å². The molecule has 0 spiro atoms. The zero-order chi connectivity index (χ0) is 22.8. The highest BCUT2D eigenvalue weighted by Gasteiger charge is 2.14. The van der Waals surface area contributed by atoms with Crippen LogP contribution < -0.4 is 20.3 Å². The maximum Gasteiger partial charge on any atom is 0.293 e. The Morgan fingerprint density at radius 2 is 1.78 bits per heavy atom. The fraction of sp³-hybridized carbons (Fsp3) is 0.217. The molecule has 0 aliphatic carbocycles. The maximum absolute atomic E-state index is 12.9. The van der Waals surface area contributed by atoms with Crippen molar-refractivity contribution in [2.75, 3.05) is 19.5 Å². The van der Waals surface area contributed by atoms with Crippen molar-refractivity contribution in [1.82, 2.24) is 19.4 Å². The van der Waals surface area contributed by atoms with Crippen molar-refractivity contribution in [2.24, 2.45) is 0 Å². The molecule has 0 atom stereocenters. The summed E-state index contributed by atoms with van der Waals surface area (Å²) in [6, 6.07) is 12.7. The van der Waals surface area contributed by atoms with Gasteiger partial charge in [0.05, 0.1) is 19.9 Å².